The molecular formula is C17H20FNO3S. The number of methoxy groups -OCH3 is 1. The predicted octanol–water partition coefficient (Wildman–Crippen LogP) is 3.06. The van der Waals surface area contributed by atoms with E-state index in [1.165, 1.54) is 18.2 Å². The molecule has 2 aromatic rings. The Bertz CT molecular complexity index is 743. The summed E-state index contributed by atoms with van der Waals surface area (Å²) in [6.45, 7) is 1.98. The van der Waals surface area contributed by atoms with E-state index < -0.39 is 21.4 Å². The van der Waals surface area contributed by atoms with Crippen molar-refractivity contribution in [3.05, 3.63) is 66.0 Å². The second kappa shape index (κ2) is 7.21. The van der Waals surface area contributed by atoms with Gasteiger partial charge in [-0.25, -0.2) is 17.5 Å². The van der Waals surface area contributed by atoms with E-state index in [1.54, 1.807) is 7.11 Å². The third kappa shape index (κ3) is 3.96. The summed E-state index contributed by atoms with van der Waals surface area (Å²) in [4.78, 5) is -0.105. The monoisotopic (exact) mass is 337 g/mol. The molecule has 0 aliphatic heterocycles. The van der Waals surface area contributed by atoms with Crippen molar-refractivity contribution in [1.82, 2.24) is 4.72 Å². The van der Waals surface area contributed by atoms with E-state index in [0.29, 0.717) is 6.42 Å². The van der Waals surface area contributed by atoms with Gasteiger partial charge in [-0.2, -0.15) is 0 Å². The minimum Gasteiger partial charge on any atom is -0.372 e. The van der Waals surface area contributed by atoms with Crippen molar-refractivity contribution < 1.29 is 17.5 Å². The van der Waals surface area contributed by atoms with E-state index in [1.807, 2.05) is 37.3 Å². The highest BCUT2D eigenvalue weighted by atomic mass is 32.2. The minimum atomic E-state index is -3.81. The molecule has 124 valence electrons. The summed E-state index contributed by atoms with van der Waals surface area (Å²) < 4.78 is 46.1. The van der Waals surface area contributed by atoms with Gasteiger partial charge in [0.15, 0.2) is 0 Å². The second-order valence-corrected chi connectivity index (χ2v) is 6.97. The van der Waals surface area contributed by atoms with E-state index in [0.717, 1.165) is 11.6 Å². The molecule has 0 amide bonds. The van der Waals surface area contributed by atoms with Gasteiger partial charge in [0.1, 0.15) is 11.4 Å². The Hall–Kier alpha value is -1.76. The number of hydrogen-bond donors (Lipinski definition) is 1. The van der Waals surface area contributed by atoms with Crippen molar-refractivity contribution in [2.75, 3.05) is 13.7 Å². The van der Waals surface area contributed by atoms with Crippen LogP contribution in [0, 0.1) is 5.82 Å². The standard InChI is InChI=1S/C17H20FNO3S/c1-3-17(22-2,14-8-5-4-6-9-14)13-19-23(20,21)16-11-7-10-15(18)12-16/h4-12,19H,3,13H2,1-2H3. The summed E-state index contributed by atoms with van der Waals surface area (Å²) in [7, 11) is -2.27. The molecule has 0 aliphatic rings. The van der Waals surface area contributed by atoms with Crippen LogP contribution in [0.4, 0.5) is 4.39 Å². The molecule has 23 heavy (non-hydrogen) atoms. The van der Waals surface area contributed by atoms with Gasteiger partial charge in [-0.05, 0) is 30.2 Å². The molecule has 0 bridgehead atoms. The van der Waals surface area contributed by atoms with Gasteiger partial charge in [0.25, 0.3) is 0 Å². The molecule has 0 aromatic heterocycles. The van der Waals surface area contributed by atoms with E-state index in [9.17, 15) is 12.8 Å². The average Bonchev–Trinajstić information content (AvgIpc) is 2.57. The van der Waals surface area contributed by atoms with Gasteiger partial charge in [-0.3, -0.25) is 0 Å². The highest BCUT2D eigenvalue weighted by Crippen LogP contribution is 2.28. The van der Waals surface area contributed by atoms with Gasteiger partial charge in [0.05, 0.1) is 4.90 Å². The Morgan fingerprint density at radius 1 is 1.13 bits per heavy atom. The van der Waals surface area contributed by atoms with Crippen molar-refractivity contribution in [2.24, 2.45) is 0 Å². The van der Waals surface area contributed by atoms with Gasteiger partial charge >= 0.3 is 0 Å². The van der Waals surface area contributed by atoms with Crippen LogP contribution in [0.1, 0.15) is 18.9 Å². The molecule has 0 fully saturated rings. The highest BCUT2D eigenvalue weighted by molar-refractivity contribution is 7.89. The Morgan fingerprint density at radius 3 is 2.39 bits per heavy atom. The van der Waals surface area contributed by atoms with Crippen LogP contribution in [-0.4, -0.2) is 22.1 Å². The van der Waals surface area contributed by atoms with Crippen LogP contribution in [0.2, 0.25) is 0 Å². The van der Waals surface area contributed by atoms with Crippen LogP contribution in [-0.2, 0) is 20.4 Å². The number of sulfonamides is 1. The first kappa shape index (κ1) is 17.6. The first-order chi connectivity index (χ1) is 10.9. The summed E-state index contributed by atoms with van der Waals surface area (Å²) in [5, 5.41) is 0. The lowest BCUT2D eigenvalue weighted by molar-refractivity contribution is -0.0133. The van der Waals surface area contributed by atoms with Gasteiger partial charge in [0, 0.05) is 13.7 Å². The summed E-state index contributed by atoms with van der Waals surface area (Å²) in [5.74, 6) is -0.593. The molecule has 1 atom stereocenters. The zero-order valence-corrected chi connectivity index (χ0v) is 13.9. The molecule has 0 aliphatic carbocycles. The van der Waals surface area contributed by atoms with E-state index in [4.69, 9.17) is 4.74 Å². The fraction of sp³-hybridized carbons (Fsp3) is 0.294. The topological polar surface area (TPSA) is 55.4 Å². The summed E-state index contributed by atoms with van der Waals surface area (Å²) in [5.41, 5.74) is 0.105. The van der Waals surface area contributed by atoms with E-state index >= 15 is 0 Å². The van der Waals surface area contributed by atoms with Crippen molar-refractivity contribution in [3.8, 4) is 0 Å². The van der Waals surface area contributed by atoms with Gasteiger partial charge < -0.3 is 4.74 Å². The summed E-state index contributed by atoms with van der Waals surface area (Å²) >= 11 is 0. The number of benzene rings is 2. The number of ether oxygens (including phenoxy) is 1. The van der Waals surface area contributed by atoms with Crippen molar-refractivity contribution in [3.63, 3.8) is 0 Å². The summed E-state index contributed by atoms with van der Waals surface area (Å²) in [6, 6.07) is 14.3. The maximum atomic E-state index is 13.3. The Labute approximate surface area is 136 Å². The molecule has 2 aromatic carbocycles. The van der Waals surface area contributed by atoms with Crippen molar-refractivity contribution >= 4 is 10.0 Å². The number of halogens is 1. The van der Waals surface area contributed by atoms with Crippen molar-refractivity contribution in [2.45, 2.75) is 23.8 Å². The maximum absolute atomic E-state index is 13.3. The SMILES string of the molecule is CCC(CNS(=O)(=O)c1cccc(F)c1)(OC)c1ccccc1. The molecular weight excluding hydrogens is 317 g/mol. The van der Waals surface area contributed by atoms with Gasteiger partial charge in [-0.15, -0.1) is 0 Å². The molecule has 2 rings (SSSR count). The van der Waals surface area contributed by atoms with Gasteiger partial charge in [0.2, 0.25) is 10.0 Å². The lowest BCUT2D eigenvalue weighted by atomic mass is 9.91. The van der Waals surface area contributed by atoms with Gasteiger partial charge in [-0.1, -0.05) is 43.3 Å². The number of rotatable bonds is 7. The second-order valence-electron chi connectivity index (χ2n) is 5.20. The first-order valence-corrected chi connectivity index (χ1v) is 8.78. The van der Waals surface area contributed by atoms with Crippen LogP contribution < -0.4 is 4.72 Å². The molecule has 1 unspecified atom stereocenters. The zero-order valence-electron chi connectivity index (χ0n) is 13.1. The Kier molecular flexibility index (Phi) is 5.51. The Morgan fingerprint density at radius 2 is 1.83 bits per heavy atom. The fourth-order valence-corrected chi connectivity index (χ4v) is 3.55. The molecule has 6 heteroatoms. The largest absolute Gasteiger partial charge is 0.372 e. The summed E-state index contributed by atoms with van der Waals surface area (Å²) in [6.07, 6.45) is 0.583. The molecule has 1 N–H and O–H groups in total. The molecule has 0 saturated heterocycles. The zero-order chi connectivity index (χ0) is 16.9. The maximum Gasteiger partial charge on any atom is 0.240 e. The Balaban J connectivity index is 2.25. The average molecular weight is 337 g/mol. The highest BCUT2D eigenvalue weighted by Gasteiger charge is 2.32. The lowest BCUT2D eigenvalue weighted by Gasteiger charge is -2.32. The third-order valence-corrected chi connectivity index (χ3v) is 5.31. The first-order valence-electron chi connectivity index (χ1n) is 7.29. The smallest absolute Gasteiger partial charge is 0.240 e. The van der Waals surface area contributed by atoms with Crippen LogP contribution in [0.5, 0.6) is 0 Å². The molecule has 0 heterocycles. The third-order valence-electron chi connectivity index (χ3n) is 3.92. The quantitative estimate of drug-likeness (QED) is 0.845. The van der Waals surface area contributed by atoms with Crippen molar-refractivity contribution in [1.29, 1.82) is 0 Å². The van der Waals surface area contributed by atoms with Crippen LogP contribution in [0.3, 0.4) is 0 Å². The number of hydrogen-bond acceptors (Lipinski definition) is 3. The normalized spacial score (nSPS) is 14.4. The van der Waals surface area contributed by atoms with E-state index in [2.05, 4.69) is 4.72 Å². The van der Waals surface area contributed by atoms with Crippen LogP contribution >= 0.6 is 0 Å². The fourth-order valence-electron chi connectivity index (χ4n) is 2.44. The number of nitrogens with one attached hydrogen (secondary N) is 1. The molecule has 0 radical (unpaired) electrons. The van der Waals surface area contributed by atoms with Crippen LogP contribution in [0.15, 0.2) is 59.5 Å². The van der Waals surface area contributed by atoms with E-state index in [-0.39, 0.29) is 11.4 Å². The molecule has 0 spiro atoms. The lowest BCUT2D eigenvalue weighted by Crippen LogP contribution is -2.41. The molecule has 4 nitrogen and oxygen atoms in total. The molecule has 0 saturated carbocycles. The predicted molar refractivity (Wildman–Crippen MR) is 87.0 cm³/mol. The minimum absolute atomic E-state index is 0.0584. The van der Waals surface area contributed by atoms with Crippen LogP contribution in [0.25, 0.3) is 0 Å².